The van der Waals surface area contributed by atoms with Crippen molar-refractivity contribution < 1.29 is 13.2 Å². The predicted octanol–water partition coefficient (Wildman–Crippen LogP) is 0.560. The van der Waals surface area contributed by atoms with Crippen LogP contribution in [0.4, 0.5) is 0 Å². The van der Waals surface area contributed by atoms with E-state index in [4.69, 9.17) is 10.5 Å². The van der Waals surface area contributed by atoms with E-state index in [1.54, 1.807) is 0 Å². The Morgan fingerprint density at radius 2 is 2.22 bits per heavy atom. The standard InChI is InChI=1S/C12H18N2O3S/c13-10-11-3-1-4-12(9-11)17-7-6-14-5-2-8-18(14,15)16/h1,3-4,9H,2,5-8,10,13H2. The van der Waals surface area contributed by atoms with E-state index in [0.29, 0.717) is 32.7 Å². The van der Waals surface area contributed by atoms with Gasteiger partial charge in [-0.05, 0) is 24.1 Å². The number of hydrogen-bond donors (Lipinski definition) is 1. The van der Waals surface area contributed by atoms with Crippen molar-refractivity contribution in [1.29, 1.82) is 0 Å². The van der Waals surface area contributed by atoms with Crippen LogP contribution in [-0.2, 0) is 16.6 Å². The van der Waals surface area contributed by atoms with E-state index < -0.39 is 10.0 Å². The summed E-state index contributed by atoms with van der Waals surface area (Å²) in [6, 6.07) is 7.53. The van der Waals surface area contributed by atoms with Gasteiger partial charge in [0.2, 0.25) is 10.0 Å². The van der Waals surface area contributed by atoms with Crippen molar-refractivity contribution in [3.05, 3.63) is 29.8 Å². The first kappa shape index (κ1) is 13.3. The summed E-state index contributed by atoms with van der Waals surface area (Å²) in [6.45, 7) is 1.86. The fourth-order valence-corrected chi connectivity index (χ4v) is 3.48. The van der Waals surface area contributed by atoms with Gasteiger partial charge in [-0.2, -0.15) is 4.31 Å². The van der Waals surface area contributed by atoms with Crippen LogP contribution in [0.1, 0.15) is 12.0 Å². The Bertz CT molecular complexity index is 502. The van der Waals surface area contributed by atoms with Crippen LogP contribution < -0.4 is 10.5 Å². The Hall–Kier alpha value is -1.11. The number of nitrogens with zero attached hydrogens (tertiary/aromatic N) is 1. The van der Waals surface area contributed by atoms with E-state index in [-0.39, 0.29) is 5.75 Å². The molecule has 1 aliphatic rings. The zero-order chi connectivity index (χ0) is 13.0. The first-order valence-corrected chi connectivity index (χ1v) is 7.62. The summed E-state index contributed by atoms with van der Waals surface area (Å²) in [5.74, 6) is 0.991. The molecule has 0 bridgehead atoms. The molecular weight excluding hydrogens is 252 g/mol. The molecule has 1 aliphatic heterocycles. The van der Waals surface area contributed by atoms with Crippen molar-refractivity contribution in [2.24, 2.45) is 5.73 Å². The average Bonchev–Trinajstić information content (AvgIpc) is 2.69. The first-order chi connectivity index (χ1) is 8.62. The molecule has 0 unspecified atom stereocenters. The minimum absolute atomic E-state index is 0.260. The van der Waals surface area contributed by atoms with Gasteiger partial charge in [0, 0.05) is 19.6 Å². The SMILES string of the molecule is NCc1cccc(OCCN2CCCS2(=O)=O)c1. The molecule has 0 amide bonds. The number of sulfonamides is 1. The monoisotopic (exact) mass is 270 g/mol. The van der Waals surface area contributed by atoms with Gasteiger partial charge in [0.05, 0.1) is 5.75 Å². The van der Waals surface area contributed by atoms with Crippen LogP contribution in [0.15, 0.2) is 24.3 Å². The van der Waals surface area contributed by atoms with Crippen LogP contribution in [0, 0.1) is 0 Å². The highest BCUT2D eigenvalue weighted by Crippen LogP contribution is 2.15. The molecule has 0 radical (unpaired) electrons. The number of rotatable bonds is 5. The van der Waals surface area contributed by atoms with Crippen molar-refractivity contribution in [3.8, 4) is 5.75 Å². The van der Waals surface area contributed by atoms with Gasteiger partial charge >= 0.3 is 0 Å². The fraction of sp³-hybridized carbons (Fsp3) is 0.500. The average molecular weight is 270 g/mol. The minimum atomic E-state index is -3.02. The van der Waals surface area contributed by atoms with E-state index >= 15 is 0 Å². The number of benzene rings is 1. The topological polar surface area (TPSA) is 72.6 Å². The van der Waals surface area contributed by atoms with Gasteiger partial charge in [-0.3, -0.25) is 0 Å². The highest BCUT2D eigenvalue weighted by Gasteiger charge is 2.27. The summed E-state index contributed by atoms with van der Waals surface area (Å²) in [4.78, 5) is 0. The zero-order valence-electron chi connectivity index (χ0n) is 10.2. The van der Waals surface area contributed by atoms with Gasteiger partial charge in [0.15, 0.2) is 0 Å². The highest BCUT2D eigenvalue weighted by molar-refractivity contribution is 7.89. The molecule has 0 saturated carbocycles. The lowest BCUT2D eigenvalue weighted by atomic mass is 10.2. The second-order valence-electron chi connectivity index (χ2n) is 4.27. The van der Waals surface area contributed by atoms with Crippen LogP contribution in [0.25, 0.3) is 0 Å². The van der Waals surface area contributed by atoms with E-state index in [1.165, 1.54) is 4.31 Å². The molecule has 1 heterocycles. The van der Waals surface area contributed by atoms with Gasteiger partial charge < -0.3 is 10.5 Å². The first-order valence-electron chi connectivity index (χ1n) is 6.01. The molecule has 100 valence electrons. The molecule has 1 saturated heterocycles. The summed E-state index contributed by atoms with van der Waals surface area (Å²) >= 11 is 0. The van der Waals surface area contributed by atoms with Crippen LogP contribution in [0.2, 0.25) is 0 Å². The third-order valence-corrected chi connectivity index (χ3v) is 4.90. The Kier molecular flexibility index (Phi) is 4.21. The molecule has 1 aromatic carbocycles. The zero-order valence-corrected chi connectivity index (χ0v) is 11.0. The summed E-state index contributed by atoms with van der Waals surface area (Å²) in [7, 11) is -3.02. The van der Waals surface area contributed by atoms with Gasteiger partial charge in [-0.15, -0.1) is 0 Å². The Labute approximate surface area is 108 Å². The van der Waals surface area contributed by atoms with Crippen molar-refractivity contribution in [1.82, 2.24) is 4.31 Å². The van der Waals surface area contributed by atoms with Crippen LogP contribution in [0.3, 0.4) is 0 Å². The maximum atomic E-state index is 11.6. The Morgan fingerprint density at radius 1 is 1.39 bits per heavy atom. The lowest BCUT2D eigenvalue weighted by molar-refractivity contribution is 0.279. The smallest absolute Gasteiger partial charge is 0.214 e. The quantitative estimate of drug-likeness (QED) is 0.848. The van der Waals surface area contributed by atoms with Crippen molar-refractivity contribution in [3.63, 3.8) is 0 Å². The molecule has 2 rings (SSSR count). The maximum Gasteiger partial charge on any atom is 0.214 e. The number of nitrogens with two attached hydrogens (primary N) is 1. The van der Waals surface area contributed by atoms with Crippen LogP contribution >= 0.6 is 0 Å². The molecule has 1 aromatic rings. The van der Waals surface area contributed by atoms with Gasteiger partial charge in [-0.25, -0.2) is 8.42 Å². The molecule has 6 heteroatoms. The second-order valence-corrected chi connectivity index (χ2v) is 6.36. The fourth-order valence-electron chi connectivity index (χ4n) is 1.97. The lowest BCUT2D eigenvalue weighted by Crippen LogP contribution is -2.30. The maximum absolute atomic E-state index is 11.6. The van der Waals surface area contributed by atoms with Gasteiger partial charge in [-0.1, -0.05) is 12.1 Å². The van der Waals surface area contributed by atoms with Crippen LogP contribution in [-0.4, -0.2) is 38.2 Å². The van der Waals surface area contributed by atoms with Crippen molar-refractivity contribution in [2.75, 3.05) is 25.4 Å². The van der Waals surface area contributed by atoms with E-state index in [2.05, 4.69) is 0 Å². The molecular formula is C12H18N2O3S. The molecule has 1 fully saturated rings. The molecule has 2 N–H and O–H groups in total. The Balaban J connectivity index is 1.85. The van der Waals surface area contributed by atoms with Crippen molar-refractivity contribution in [2.45, 2.75) is 13.0 Å². The normalized spacial score (nSPS) is 18.9. The Morgan fingerprint density at radius 3 is 2.89 bits per heavy atom. The van der Waals surface area contributed by atoms with E-state index in [1.807, 2.05) is 24.3 Å². The second kappa shape index (κ2) is 5.69. The third-order valence-electron chi connectivity index (χ3n) is 2.95. The van der Waals surface area contributed by atoms with Gasteiger partial charge in [0.1, 0.15) is 12.4 Å². The highest BCUT2D eigenvalue weighted by atomic mass is 32.2. The molecule has 0 atom stereocenters. The molecule has 0 aliphatic carbocycles. The predicted molar refractivity (Wildman–Crippen MR) is 69.8 cm³/mol. The third kappa shape index (κ3) is 3.22. The van der Waals surface area contributed by atoms with Gasteiger partial charge in [0.25, 0.3) is 0 Å². The summed E-state index contributed by atoms with van der Waals surface area (Å²) in [6.07, 6.45) is 0.713. The number of hydrogen-bond acceptors (Lipinski definition) is 4. The summed E-state index contributed by atoms with van der Waals surface area (Å²) in [5.41, 5.74) is 6.54. The summed E-state index contributed by atoms with van der Waals surface area (Å²) in [5, 5.41) is 0. The molecule has 18 heavy (non-hydrogen) atoms. The van der Waals surface area contributed by atoms with Crippen LogP contribution in [0.5, 0.6) is 5.75 Å². The number of ether oxygens (including phenoxy) is 1. The van der Waals surface area contributed by atoms with E-state index in [9.17, 15) is 8.42 Å². The summed E-state index contributed by atoms with van der Waals surface area (Å²) < 4.78 is 30.1. The molecule has 5 nitrogen and oxygen atoms in total. The largest absolute Gasteiger partial charge is 0.492 e. The molecule has 0 aromatic heterocycles. The lowest BCUT2D eigenvalue weighted by Gasteiger charge is -2.14. The van der Waals surface area contributed by atoms with Crippen molar-refractivity contribution >= 4 is 10.0 Å². The van der Waals surface area contributed by atoms with E-state index in [0.717, 1.165) is 11.3 Å². The minimum Gasteiger partial charge on any atom is -0.492 e. The molecule has 0 spiro atoms.